The molecule has 0 aromatic carbocycles. The first-order valence-electron chi connectivity index (χ1n) is 15.6. The Morgan fingerprint density at radius 2 is 1.82 bits per heavy atom. The van der Waals surface area contributed by atoms with E-state index >= 15 is 0 Å². The van der Waals surface area contributed by atoms with Crippen molar-refractivity contribution in [2.24, 2.45) is 17.3 Å². The second-order valence-electron chi connectivity index (χ2n) is 15.2. The molecule has 2 aliphatic rings. The summed E-state index contributed by atoms with van der Waals surface area (Å²) in [5.41, 5.74) is -0.829. The Morgan fingerprint density at radius 3 is 2.43 bits per heavy atom. The molecule has 3 atom stereocenters. The minimum Gasteiger partial charge on any atom is -0.375 e. The Morgan fingerprint density at radius 1 is 1.11 bits per heavy atom. The lowest BCUT2D eigenvalue weighted by Gasteiger charge is -2.53. The molecule has 2 aromatic rings. The minimum atomic E-state index is -4.40. The van der Waals surface area contributed by atoms with Gasteiger partial charge < -0.3 is 15.4 Å². The highest BCUT2D eigenvalue weighted by atomic mass is 32.2. The number of ether oxygens (including phenoxy) is 1. The van der Waals surface area contributed by atoms with Gasteiger partial charge in [0.2, 0.25) is 5.95 Å². The van der Waals surface area contributed by atoms with Gasteiger partial charge in [-0.15, -0.1) is 0 Å². The highest BCUT2D eigenvalue weighted by molar-refractivity contribution is 7.90. The van der Waals surface area contributed by atoms with Crippen LogP contribution in [0, 0.1) is 23.2 Å². The van der Waals surface area contributed by atoms with E-state index in [1.165, 1.54) is 18.2 Å². The predicted molar refractivity (Wildman–Crippen MR) is 171 cm³/mol. The van der Waals surface area contributed by atoms with E-state index in [1.807, 2.05) is 25.5 Å². The number of halogens is 1. The highest BCUT2D eigenvalue weighted by Crippen LogP contribution is 2.48. The quantitative estimate of drug-likeness (QED) is 0.296. The van der Waals surface area contributed by atoms with E-state index in [9.17, 15) is 17.6 Å². The van der Waals surface area contributed by atoms with E-state index in [2.05, 4.69) is 62.1 Å². The van der Waals surface area contributed by atoms with Gasteiger partial charge in [-0.05, 0) is 101 Å². The van der Waals surface area contributed by atoms with Gasteiger partial charge in [0.25, 0.3) is 15.9 Å². The molecule has 4 heterocycles. The molecule has 0 radical (unpaired) electrons. The maximum Gasteiger partial charge on any atom is 0.281 e. The van der Waals surface area contributed by atoms with E-state index in [0.717, 1.165) is 32.2 Å². The smallest absolute Gasteiger partial charge is 0.281 e. The molecular weight excluding hydrogens is 581 g/mol. The highest BCUT2D eigenvalue weighted by Gasteiger charge is 2.49. The van der Waals surface area contributed by atoms with Crippen LogP contribution in [-0.2, 0) is 20.2 Å². The topological polar surface area (TPSA) is 122 Å². The maximum absolute atomic E-state index is 14.7. The van der Waals surface area contributed by atoms with Crippen LogP contribution in [-0.4, -0.2) is 54.6 Å². The van der Waals surface area contributed by atoms with Gasteiger partial charge in [-0.1, -0.05) is 40.7 Å². The molecule has 9 nitrogen and oxygen atoms in total. The first kappa shape index (κ1) is 34.2. The van der Waals surface area contributed by atoms with Gasteiger partial charge in [-0.3, -0.25) is 4.79 Å². The van der Waals surface area contributed by atoms with Crippen molar-refractivity contribution < 1.29 is 22.3 Å². The van der Waals surface area contributed by atoms with E-state index in [1.54, 1.807) is 12.1 Å². The third kappa shape index (κ3) is 7.59. The lowest BCUT2D eigenvalue weighted by atomic mass is 9.62. The second-order valence-corrected chi connectivity index (χ2v) is 16.8. The fourth-order valence-corrected chi connectivity index (χ4v) is 7.44. The first-order chi connectivity index (χ1) is 20.2. The third-order valence-electron chi connectivity index (χ3n) is 9.83. The summed E-state index contributed by atoms with van der Waals surface area (Å²) in [4.78, 5) is 21.1. The molecule has 3 N–H and O–H groups in total. The van der Waals surface area contributed by atoms with Gasteiger partial charge in [0, 0.05) is 29.3 Å². The first-order valence-corrected chi connectivity index (χ1v) is 17.1. The maximum atomic E-state index is 14.7. The van der Waals surface area contributed by atoms with Crippen LogP contribution in [0.2, 0.25) is 0 Å². The van der Waals surface area contributed by atoms with Crippen LogP contribution in [0.25, 0.3) is 0 Å². The Bertz CT molecular complexity index is 1470. The molecule has 2 saturated heterocycles. The SMILES string of the molecule is CC1(C)C[C@H](CCC(Nc2cccc(S(=O)(=O)NC(=O)c3ccc(C(C)(C)C)nc3F)n2)C2CCOC(C)(C)C2(C)C)CN1. The Balaban J connectivity index is 1.55. The van der Waals surface area contributed by atoms with Crippen molar-refractivity contribution in [3.63, 3.8) is 0 Å². The number of hydrogen-bond donors (Lipinski definition) is 3. The van der Waals surface area contributed by atoms with Gasteiger partial charge in [-0.25, -0.2) is 14.7 Å². The van der Waals surface area contributed by atoms with Crippen molar-refractivity contribution in [1.29, 1.82) is 0 Å². The van der Waals surface area contributed by atoms with Gasteiger partial charge in [-0.2, -0.15) is 12.8 Å². The molecule has 2 aliphatic heterocycles. The monoisotopic (exact) mass is 631 g/mol. The normalized spacial score (nSPS) is 23.6. The van der Waals surface area contributed by atoms with E-state index < -0.39 is 32.9 Å². The standard InChI is InChI=1S/C33H50FN5O4S/c1-30(2,3)25-16-14-22(28(34)37-25)29(40)39-44(41,42)27-12-10-11-26(38-27)36-24(15-13-21-19-31(4,5)35-20-21)23-17-18-43-33(8,9)32(23,6)7/h10-12,14,16,21,23-24,35H,13,15,17-20H2,1-9H3,(H,36,38)(H,39,40)/t21-,23?,24?/m0/s1. The molecule has 244 valence electrons. The van der Waals surface area contributed by atoms with Gasteiger partial charge in [0.05, 0.1) is 11.2 Å². The zero-order valence-electron chi connectivity index (χ0n) is 27.7. The van der Waals surface area contributed by atoms with Crippen LogP contribution in [0.3, 0.4) is 0 Å². The number of amides is 1. The Hall–Kier alpha value is -2.63. The molecular formula is C33H50FN5O4S. The number of carbonyl (C=O) groups excluding carboxylic acids is 1. The summed E-state index contributed by atoms with van der Waals surface area (Å²) in [6.45, 7) is 20.4. The van der Waals surface area contributed by atoms with E-state index in [-0.39, 0.29) is 33.5 Å². The number of anilines is 1. The summed E-state index contributed by atoms with van der Waals surface area (Å²) in [5.74, 6) is -0.945. The lowest BCUT2D eigenvalue weighted by molar-refractivity contribution is -0.166. The summed E-state index contributed by atoms with van der Waals surface area (Å²) in [6, 6.07) is 7.44. The Kier molecular flexibility index (Phi) is 9.56. The summed E-state index contributed by atoms with van der Waals surface area (Å²) in [5, 5.41) is 6.86. The van der Waals surface area contributed by atoms with Crippen LogP contribution in [0.1, 0.15) is 104 Å². The number of hydrogen-bond acceptors (Lipinski definition) is 8. The minimum absolute atomic E-state index is 0.0124. The van der Waals surface area contributed by atoms with Gasteiger partial charge in [0.1, 0.15) is 5.82 Å². The molecule has 0 bridgehead atoms. The number of nitrogens with zero attached hydrogens (tertiary/aromatic N) is 2. The van der Waals surface area contributed by atoms with Crippen LogP contribution in [0.15, 0.2) is 35.4 Å². The summed E-state index contributed by atoms with van der Waals surface area (Å²) in [6.07, 6.45) is 3.87. The van der Waals surface area contributed by atoms with Gasteiger partial charge in [0.15, 0.2) is 5.03 Å². The summed E-state index contributed by atoms with van der Waals surface area (Å²) < 4.78 is 49.4. The molecule has 0 aliphatic carbocycles. The zero-order chi connectivity index (χ0) is 32.7. The largest absolute Gasteiger partial charge is 0.375 e. The number of rotatable bonds is 9. The fourth-order valence-electron chi connectivity index (χ4n) is 6.50. The number of carbonyl (C=O) groups is 1. The molecule has 4 rings (SSSR count). The van der Waals surface area contributed by atoms with Crippen LogP contribution >= 0.6 is 0 Å². The molecule has 11 heteroatoms. The van der Waals surface area contributed by atoms with E-state index in [4.69, 9.17) is 4.74 Å². The average Bonchev–Trinajstić information content (AvgIpc) is 3.26. The van der Waals surface area contributed by atoms with Crippen molar-refractivity contribution in [2.45, 2.75) is 116 Å². The molecule has 2 fully saturated rings. The third-order valence-corrected chi connectivity index (χ3v) is 11.1. The van der Waals surface area contributed by atoms with Crippen LogP contribution in [0.5, 0.6) is 0 Å². The molecule has 0 spiro atoms. The zero-order valence-corrected chi connectivity index (χ0v) is 28.5. The molecule has 44 heavy (non-hydrogen) atoms. The van der Waals surface area contributed by atoms with Crippen molar-refractivity contribution in [3.8, 4) is 0 Å². The lowest BCUT2D eigenvalue weighted by Crippen LogP contribution is -2.55. The molecule has 2 aromatic heterocycles. The number of pyridine rings is 2. The number of sulfonamides is 1. The summed E-state index contributed by atoms with van der Waals surface area (Å²) >= 11 is 0. The molecule has 1 amide bonds. The van der Waals surface area contributed by atoms with Crippen molar-refractivity contribution in [1.82, 2.24) is 20.0 Å². The van der Waals surface area contributed by atoms with E-state index in [0.29, 0.717) is 24.0 Å². The Labute approximate surface area is 262 Å². The van der Waals surface area contributed by atoms with Crippen molar-refractivity contribution in [3.05, 3.63) is 47.5 Å². The predicted octanol–water partition coefficient (Wildman–Crippen LogP) is 5.82. The molecule has 2 unspecified atom stereocenters. The van der Waals surface area contributed by atoms with Crippen molar-refractivity contribution >= 4 is 21.7 Å². The fraction of sp³-hybridized carbons (Fsp3) is 0.667. The number of aromatic nitrogens is 2. The number of nitrogens with one attached hydrogen (secondary N) is 3. The average molecular weight is 632 g/mol. The summed E-state index contributed by atoms with van der Waals surface area (Å²) in [7, 11) is -4.40. The van der Waals surface area contributed by atoms with Crippen molar-refractivity contribution in [2.75, 3.05) is 18.5 Å². The van der Waals surface area contributed by atoms with Crippen LogP contribution in [0.4, 0.5) is 10.2 Å². The van der Waals surface area contributed by atoms with Crippen LogP contribution < -0.4 is 15.4 Å². The van der Waals surface area contributed by atoms with Gasteiger partial charge >= 0.3 is 0 Å². The second kappa shape index (κ2) is 12.3. The molecule has 0 saturated carbocycles.